The number of thioether (sulfide) groups is 1. The number of halogens is 1. The van der Waals surface area contributed by atoms with Crippen LogP contribution < -0.4 is 0 Å². The van der Waals surface area contributed by atoms with Crippen molar-refractivity contribution in [3.05, 3.63) is 138 Å². The summed E-state index contributed by atoms with van der Waals surface area (Å²) in [5, 5.41) is 0. The van der Waals surface area contributed by atoms with Crippen LogP contribution in [0.5, 0.6) is 0 Å². The van der Waals surface area contributed by atoms with E-state index in [1.165, 1.54) is 17.3 Å². The molecule has 1 heterocycles. The lowest BCUT2D eigenvalue weighted by Crippen LogP contribution is -2.57. The minimum Gasteiger partial charge on any atom is -0.374 e. The fourth-order valence-electron chi connectivity index (χ4n) is 4.61. The Balaban J connectivity index is 1.37. The number of ether oxygens (including phenoxy) is 4. The van der Waals surface area contributed by atoms with Crippen molar-refractivity contribution in [2.75, 3.05) is 6.61 Å². The van der Waals surface area contributed by atoms with E-state index in [1.54, 1.807) is 0 Å². The van der Waals surface area contributed by atoms with Gasteiger partial charge in [0.2, 0.25) is 0 Å². The van der Waals surface area contributed by atoms with Crippen molar-refractivity contribution in [3.63, 3.8) is 0 Å². The molecule has 0 N–H and O–H groups in total. The number of hydrogen-bond donors (Lipinski definition) is 0. The molecule has 208 valence electrons. The molecule has 5 atom stereocenters. The van der Waals surface area contributed by atoms with Crippen molar-refractivity contribution in [2.24, 2.45) is 0 Å². The first-order valence-corrected chi connectivity index (χ1v) is 14.5. The van der Waals surface area contributed by atoms with Gasteiger partial charge in [0.15, 0.2) is 6.17 Å². The molecule has 0 bridgehead atoms. The van der Waals surface area contributed by atoms with Crippen LogP contribution in [0.4, 0.5) is 4.39 Å². The van der Waals surface area contributed by atoms with E-state index in [-0.39, 0.29) is 13.2 Å². The van der Waals surface area contributed by atoms with Crippen molar-refractivity contribution in [2.45, 2.75) is 61.6 Å². The van der Waals surface area contributed by atoms with Crippen LogP contribution in [0.3, 0.4) is 0 Å². The van der Waals surface area contributed by atoms with Crippen molar-refractivity contribution < 1.29 is 23.3 Å². The van der Waals surface area contributed by atoms with Crippen LogP contribution in [-0.2, 0) is 38.8 Å². The summed E-state index contributed by atoms with van der Waals surface area (Å²) in [4.78, 5) is 1.02. The average Bonchev–Trinajstić information content (AvgIpc) is 3.00. The minimum atomic E-state index is -1.44. The summed E-state index contributed by atoms with van der Waals surface area (Å²) in [6.45, 7) is 3.15. The van der Waals surface area contributed by atoms with Crippen LogP contribution in [-0.4, -0.2) is 36.5 Å². The molecule has 5 rings (SSSR count). The second-order valence-electron chi connectivity index (χ2n) is 9.94. The molecule has 0 spiro atoms. The average molecular weight is 559 g/mol. The first-order valence-electron chi connectivity index (χ1n) is 13.6. The van der Waals surface area contributed by atoms with Gasteiger partial charge < -0.3 is 18.9 Å². The van der Waals surface area contributed by atoms with Gasteiger partial charge in [0.25, 0.3) is 0 Å². The molecule has 0 amide bonds. The van der Waals surface area contributed by atoms with Gasteiger partial charge in [-0.2, -0.15) is 0 Å². The number of aryl methyl sites for hydroxylation is 1. The predicted octanol–water partition coefficient (Wildman–Crippen LogP) is 7.54. The highest BCUT2D eigenvalue weighted by Gasteiger charge is 2.48. The van der Waals surface area contributed by atoms with Gasteiger partial charge in [-0.25, -0.2) is 4.39 Å². The van der Waals surface area contributed by atoms with Crippen LogP contribution in [0.15, 0.2) is 120 Å². The Labute approximate surface area is 240 Å². The lowest BCUT2D eigenvalue weighted by Gasteiger charge is -2.43. The molecule has 0 saturated carbocycles. The van der Waals surface area contributed by atoms with Gasteiger partial charge in [-0.3, -0.25) is 0 Å². The highest BCUT2D eigenvalue weighted by molar-refractivity contribution is 7.99. The zero-order valence-electron chi connectivity index (χ0n) is 22.6. The second-order valence-corrected chi connectivity index (χ2v) is 11.1. The van der Waals surface area contributed by atoms with Crippen LogP contribution in [0.25, 0.3) is 0 Å². The van der Waals surface area contributed by atoms with Gasteiger partial charge in [0.05, 0.1) is 26.4 Å². The van der Waals surface area contributed by atoms with E-state index in [9.17, 15) is 0 Å². The predicted molar refractivity (Wildman–Crippen MR) is 157 cm³/mol. The van der Waals surface area contributed by atoms with Gasteiger partial charge in [0, 0.05) is 4.90 Å². The van der Waals surface area contributed by atoms with Crippen LogP contribution in [0, 0.1) is 6.92 Å². The van der Waals surface area contributed by atoms with Gasteiger partial charge >= 0.3 is 0 Å². The summed E-state index contributed by atoms with van der Waals surface area (Å²) in [6.07, 6.45) is -3.72. The zero-order valence-corrected chi connectivity index (χ0v) is 23.4. The smallest absolute Gasteiger partial charge is 0.157 e. The lowest BCUT2D eigenvalue weighted by atomic mass is 10.0. The van der Waals surface area contributed by atoms with E-state index in [0.717, 1.165) is 21.6 Å². The Hall–Kier alpha value is -3.00. The molecule has 1 fully saturated rings. The zero-order chi connectivity index (χ0) is 27.6. The van der Waals surface area contributed by atoms with Gasteiger partial charge in [-0.1, -0.05) is 120 Å². The first-order chi connectivity index (χ1) is 19.7. The van der Waals surface area contributed by atoms with E-state index < -0.39 is 29.9 Å². The molecule has 6 heteroatoms. The number of benzene rings is 4. The van der Waals surface area contributed by atoms with Crippen molar-refractivity contribution >= 4 is 11.8 Å². The van der Waals surface area contributed by atoms with E-state index in [0.29, 0.717) is 13.2 Å². The van der Waals surface area contributed by atoms with Crippen LogP contribution in [0.2, 0.25) is 0 Å². The Morgan fingerprint density at radius 1 is 0.650 bits per heavy atom. The van der Waals surface area contributed by atoms with E-state index in [1.807, 2.05) is 91.0 Å². The summed E-state index contributed by atoms with van der Waals surface area (Å²) in [5.74, 6) is 0. The van der Waals surface area contributed by atoms with Crippen LogP contribution >= 0.6 is 11.8 Å². The van der Waals surface area contributed by atoms with E-state index >= 15 is 4.39 Å². The molecule has 0 radical (unpaired) electrons. The lowest BCUT2D eigenvalue weighted by molar-refractivity contribution is -0.224. The molecule has 1 aliphatic heterocycles. The highest BCUT2D eigenvalue weighted by atomic mass is 32.2. The number of alkyl halides is 1. The largest absolute Gasteiger partial charge is 0.374 e. The molecular formula is C34H35FO4S. The number of hydrogen-bond acceptors (Lipinski definition) is 5. The molecule has 1 saturated heterocycles. The third-order valence-corrected chi connectivity index (χ3v) is 7.96. The molecule has 4 aromatic rings. The Morgan fingerprint density at radius 2 is 1.15 bits per heavy atom. The maximum Gasteiger partial charge on any atom is 0.157 e. The van der Waals surface area contributed by atoms with Gasteiger partial charge in [-0.05, 0) is 35.7 Å². The first kappa shape index (κ1) is 28.5. The second kappa shape index (κ2) is 14.6. The molecule has 4 aromatic carbocycles. The van der Waals surface area contributed by atoms with Gasteiger partial charge in [0.1, 0.15) is 23.7 Å². The monoisotopic (exact) mass is 558 g/mol. The third-order valence-electron chi connectivity index (χ3n) is 6.81. The van der Waals surface area contributed by atoms with Crippen LogP contribution in [0.1, 0.15) is 22.3 Å². The Kier molecular flexibility index (Phi) is 10.4. The molecular weight excluding hydrogens is 523 g/mol. The molecule has 4 nitrogen and oxygen atoms in total. The summed E-state index contributed by atoms with van der Waals surface area (Å²) in [5.41, 5.74) is 3.69. The normalized spacial score (nSPS) is 22.7. The minimum absolute atomic E-state index is 0.109. The van der Waals surface area contributed by atoms with Crippen molar-refractivity contribution in [3.8, 4) is 0 Å². The highest BCUT2D eigenvalue weighted by Crippen LogP contribution is 2.38. The molecule has 0 aromatic heterocycles. The Bertz CT molecular complexity index is 1270. The van der Waals surface area contributed by atoms with Gasteiger partial charge in [-0.15, -0.1) is 0 Å². The maximum atomic E-state index is 16.3. The fraction of sp³-hybridized carbons (Fsp3) is 0.294. The summed E-state index contributed by atoms with van der Waals surface area (Å²) in [7, 11) is 0. The van der Waals surface area contributed by atoms with Crippen molar-refractivity contribution in [1.29, 1.82) is 0 Å². The topological polar surface area (TPSA) is 36.9 Å². The third kappa shape index (κ3) is 8.03. The van der Waals surface area contributed by atoms with Crippen molar-refractivity contribution in [1.82, 2.24) is 0 Å². The quantitative estimate of drug-likeness (QED) is 0.180. The standard InChI is InChI=1S/C34H35FO4S/c1-25-17-19-29(20-18-25)40-34-33(38-23-28-15-9-4-10-16-28)32(37-22-27-13-7-3-8-14-27)31(35)30(39-34)24-36-21-26-11-5-2-6-12-26/h2-20,30-34H,21-24H2,1H3. The van der Waals surface area contributed by atoms with E-state index in [4.69, 9.17) is 18.9 Å². The molecule has 5 unspecified atom stereocenters. The number of rotatable bonds is 12. The molecule has 1 aliphatic rings. The molecule has 0 aliphatic carbocycles. The SMILES string of the molecule is Cc1ccc(SC2OC(COCc3ccccc3)C(F)C(OCc3ccccc3)C2OCc2ccccc2)cc1. The van der Waals surface area contributed by atoms with E-state index in [2.05, 4.69) is 31.2 Å². The summed E-state index contributed by atoms with van der Waals surface area (Å²) < 4.78 is 41.4. The summed E-state index contributed by atoms with van der Waals surface area (Å²) >= 11 is 1.53. The maximum absolute atomic E-state index is 16.3. The summed E-state index contributed by atoms with van der Waals surface area (Å²) in [6, 6.07) is 37.8. The Morgan fingerprint density at radius 3 is 1.70 bits per heavy atom. The fourth-order valence-corrected chi connectivity index (χ4v) is 5.74. The molecule has 40 heavy (non-hydrogen) atoms.